The molecule has 0 nitrogen and oxygen atoms in total. The summed E-state index contributed by atoms with van der Waals surface area (Å²) in [5.41, 5.74) is 0. The quantitative estimate of drug-likeness (QED) is 0.397. The molecule has 0 bridgehead atoms. The van der Waals surface area contributed by atoms with Crippen LogP contribution in [0.3, 0.4) is 0 Å². The maximum atomic E-state index is 3.49. The first-order valence-electron chi connectivity index (χ1n) is 5.71. The zero-order chi connectivity index (χ0) is 13.4. The molecular formula is C15H34MgZn. The van der Waals surface area contributed by atoms with E-state index < -0.39 is 0 Å². The Bertz CT molecular complexity index is 48.8. The molecular weight excluding hydrogens is 270 g/mol. The van der Waals surface area contributed by atoms with Crippen LogP contribution < -0.4 is 0 Å². The molecule has 0 fully saturated rings. The van der Waals surface area contributed by atoms with Crippen LogP contribution in [0.4, 0.5) is 0 Å². The molecule has 0 N–H and O–H groups in total. The second kappa shape index (κ2) is 36.0. The molecule has 0 aromatic rings. The molecule has 0 heterocycles. The average molecular weight is 304 g/mol. The summed E-state index contributed by atoms with van der Waals surface area (Å²) in [6.45, 7) is 24.2. The van der Waals surface area contributed by atoms with Crippen LogP contribution in [0.15, 0.2) is 0 Å². The fourth-order valence-corrected chi connectivity index (χ4v) is 0. The summed E-state index contributed by atoms with van der Waals surface area (Å²) >= 11 is 0. The molecule has 0 aromatic carbocycles. The SMILES string of the molecule is C[C-](C)C.C[C-](C)C.C[C-](C)C.[CH2-]CC.[Mg+2].[Zn+2]. The van der Waals surface area contributed by atoms with E-state index in [1.807, 2.05) is 6.92 Å². The molecule has 0 aliphatic heterocycles. The Hall–Kier alpha value is 1.39. The molecule has 17 heavy (non-hydrogen) atoms. The molecule has 2 heteroatoms. The molecule has 0 aliphatic carbocycles. The molecule has 0 aromatic heterocycles. The van der Waals surface area contributed by atoms with E-state index in [9.17, 15) is 0 Å². The summed E-state index contributed by atoms with van der Waals surface area (Å²) in [5, 5.41) is 0. The maximum absolute atomic E-state index is 3.49. The third-order valence-corrected chi connectivity index (χ3v) is 0. The largest absolute Gasteiger partial charge is 2.00 e. The normalized spacial score (nSPS) is 7.41. The average Bonchev–Trinajstić information content (AvgIpc) is 1.81. The van der Waals surface area contributed by atoms with Gasteiger partial charge in [-0.2, -0.15) is 68.7 Å². The Morgan fingerprint density at radius 2 is 0.647 bits per heavy atom. The van der Waals surface area contributed by atoms with Gasteiger partial charge in [0.15, 0.2) is 0 Å². The van der Waals surface area contributed by atoms with Gasteiger partial charge in [0.05, 0.1) is 0 Å². The minimum atomic E-state index is 0. The van der Waals surface area contributed by atoms with Crippen molar-refractivity contribution < 1.29 is 19.5 Å². The van der Waals surface area contributed by atoms with Gasteiger partial charge in [-0.25, -0.2) is 0 Å². The van der Waals surface area contributed by atoms with Gasteiger partial charge in [0, 0.05) is 0 Å². The van der Waals surface area contributed by atoms with Crippen molar-refractivity contribution in [1.29, 1.82) is 0 Å². The van der Waals surface area contributed by atoms with Gasteiger partial charge in [-0.15, -0.1) is 0 Å². The van der Waals surface area contributed by atoms with Gasteiger partial charge >= 0.3 is 42.5 Å². The van der Waals surface area contributed by atoms with E-state index >= 15 is 0 Å². The van der Waals surface area contributed by atoms with E-state index in [4.69, 9.17) is 0 Å². The molecule has 0 radical (unpaired) electrons. The van der Waals surface area contributed by atoms with Crippen LogP contribution in [-0.4, -0.2) is 23.1 Å². The fraction of sp³-hybridized carbons (Fsp3) is 0.733. The predicted molar refractivity (Wildman–Crippen MR) is 82.2 cm³/mol. The van der Waals surface area contributed by atoms with E-state index in [1.165, 1.54) is 17.8 Å². The van der Waals surface area contributed by atoms with Gasteiger partial charge < -0.3 is 24.7 Å². The van der Waals surface area contributed by atoms with E-state index in [0.29, 0.717) is 0 Å². The van der Waals surface area contributed by atoms with E-state index in [1.54, 1.807) is 0 Å². The molecule has 0 amide bonds. The molecule has 0 rings (SSSR count). The van der Waals surface area contributed by atoms with Crippen molar-refractivity contribution >= 4 is 23.1 Å². The molecule has 0 aliphatic rings. The summed E-state index contributed by atoms with van der Waals surface area (Å²) in [7, 11) is 0. The van der Waals surface area contributed by atoms with Crippen LogP contribution in [-0.2, 0) is 19.5 Å². The Balaban J connectivity index is -0.0000000230. The first-order valence-corrected chi connectivity index (χ1v) is 5.71. The second-order valence-corrected chi connectivity index (χ2v) is 5.00. The van der Waals surface area contributed by atoms with Crippen molar-refractivity contribution in [3.8, 4) is 0 Å². The van der Waals surface area contributed by atoms with E-state index in [2.05, 4.69) is 69.2 Å². The Morgan fingerprint density at radius 3 is 0.647 bits per heavy atom. The summed E-state index contributed by atoms with van der Waals surface area (Å²) < 4.78 is 0. The van der Waals surface area contributed by atoms with Gasteiger partial charge in [0.25, 0.3) is 0 Å². The minimum absolute atomic E-state index is 0. The van der Waals surface area contributed by atoms with Crippen LogP contribution in [0.5, 0.6) is 0 Å². The zero-order valence-corrected chi connectivity index (χ0v) is 18.7. The van der Waals surface area contributed by atoms with Gasteiger partial charge in [0.2, 0.25) is 0 Å². The van der Waals surface area contributed by atoms with E-state index in [-0.39, 0.29) is 42.5 Å². The summed E-state index contributed by atoms with van der Waals surface area (Å²) in [6.07, 6.45) is 1.00. The molecule has 0 spiro atoms. The van der Waals surface area contributed by atoms with Crippen LogP contribution >= 0.6 is 0 Å². The monoisotopic (exact) mass is 302 g/mol. The second-order valence-electron chi connectivity index (χ2n) is 5.00. The number of rotatable bonds is 0. The molecule has 0 saturated heterocycles. The first-order chi connectivity index (χ1) is 6.61. The van der Waals surface area contributed by atoms with Crippen LogP contribution in [0.25, 0.3) is 0 Å². The van der Waals surface area contributed by atoms with Gasteiger partial charge in [0.1, 0.15) is 0 Å². The third kappa shape index (κ3) is 2130. The van der Waals surface area contributed by atoms with Crippen molar-refractivity contribution in [3.05, 3.63) is 24.7 Å². The Labute approximate surface area is 142 Å². The molecule has 0 saturated carbocycles. The van der Waals surface area contributed by atoms with Crippen molar-refractivity contribution in [3.63, 3.8) is 0 Å². The number of hydrogen-bond donors (Lipinski definition) is 0. The third-order valence-electron chi connectivity index (χ3n) is 0. The first kappa shape index (κ1) is 36.2. The van der Waals surface area contributed by atoms with Gasteiger partial charge in [-0.3, -0.25) is 0 Å². The van der Waals surface area contributed by atoms with Crippen molar-refractivity contribution in [2.45, 2.75) is 75.7 Å². The fourth-order valence-electron chi connectivity index (χ4n) is 0. The van der Waals surface area contributed by atoms with Gasteiger partial charge in [-0.05, 0) is 0 Å². The summed E-state index contributed by atoms with van der Waals surface area (Å²) in [4.78, 5) is 0. The zero-order valence-electron chi connectivity index (χ0n) is 14.3. The topological polar surface area (TPSA) is 0 Å². The van der Waals surface area contributed by atoms with Crippen LogP contribution in [0.2, 0.25) is 0 Å². The Morgan fingerprint density at radius 1 is 0.647 bits per heavy atom. The van der Waals surface area contributed by atoms with Crippen molar-refractivity contribution in [2.75, 3.05) is 0 Å². The molecule has 0 unspecified atom stereocenters. The smallest absolute Gasteiger partial charge is 0.344 e. The standard InChI is InChI=1S/3C4H9.C3H7.Mg.Zn/c3*1-4(2)3;1-3-2;;/h3*1-3H3;1,3H2,2H3;;/q4*-1;2*+2. The summed E-state index contributed by atoms with van der Waals surface area (Å²) in [6, 6.07) is 0. The number of hydrogen-bond acceptors (Lipinski definition) is 0. The van der Waals surface area contributed by atoms with Gasteiger partial charge in [-0.1, -0.05) is 6.92 Å². The van der Waals surface area contributed by atoms with Crippen molar-refractivity contribution in [2.24, 2.45) is 0 Å². The predicted octanol–water partition coefficient (Wildman–Crippen LogP) is 5.71. The Kier molecular flexibility index (Phi) is 76.7. The van der Waals surface area contributed by atoms with Crippen LogP contribution in [0, 0.1) is 24.7 Å². The minimum Gasteiger partial charge on any atom is -0.344 e. The molecule has 98 valence electrons. The maximum Gasteiger partial charge on any atom is 2.00 e. The molecule has 0 atom stereocenters. The van der Waals surface area contributed by atoms with Crippen LogP contribution in [0.1, 0.15) is 75.7 Å². The summed E-state index contributed by atoms with van der Waals surface area (Å²) in [5.74, 6) is 4.25. The van der Waals surface area contributed by atoms with Crippen molar-refractivity contribution in [1.82, 2.24) is 0 Å². The van der Waals surface area contributed by atoms with E-state index in [0.717, 1.165) is 6.42 Å².